The van der Waals surface area contributed by atoms with Crippen molar-refractivity contribution in [1.29, 1.82) is 0 Å². The van der Waals surface area contributed by atoms with Gasteiger partial charge in [-0.15, -0.1) is 0 Å². The Hall–Kier alpha value is -3.42. The summed E-state index contributed by atoms with van der Waals surface area (Å²) < 4.78 is 0. The van der Waals surface area contributed by atoms with Crippen LogP contribution in [0.3, 0.4) is 0 Å². The van der Waals surface area contributed by atoms with Crippen molar-refractivity contribution in [1.82, 2.24) is 15.2 Å². The lowest BCUT2D eigenvalue weighted by Gasteiger charge is -2.23. The van der Waals surface area contributed by atoms with E-state index in [0.29, 0.717) is 38.0 Å². The average Bonchev–Trinajstić information content (AvgIpc) is 2.71. The summed E-state index contributed by atoms with van der Waals surface area (Å²) in [5, 5.41) is 11.5. The summed E-state index contributed by atoms with van der Waals surface area (Å²) in [5.41, 5.74) is 7.78. The Morgan fingerprint density at radius 3 is 2.55 bits per heavy atom. The van der Waals surface area contributed by atoms with Gasteiger partial charge in [0, 0.05) is 25.2 Å². The molecule has 0 aliphatic carbocycles. The Labute approximate surface area is 182 Å². The Morgan fingerprint density at radius 1 is 1.13 bits per heavy atom. The number of pyridine rings is 1. The third-order valence-electron chi connectivity index (χ3n) is 4.79. The fourth-order valence-electron chi connectivity index (χ4n) is 3.26. The Balaban J connectivity index is 1.93. The van der Waals surface area contributed by atoms with Crippen LogP contribution in [0.2, 0.25) is 0 Å². The summed E-state index contributed by atoms with van der Waals surface area (Å²) in [7, 11) is 0. The first-order valence-corrected chi connectivity index (χ1v) is 10.4. The molecule has 4 N–H and O–H groups in total. The van der Waals surface area contributed by atoms with Gasteiger partial charge in [0.25, 0.3) is 0 Å². The second-order valence-electron chi connectivity index (χ2n) is 7.56. The zero-order valence-electron chi connectivity index (χ0n) is 17.8. The fraction of sp³-hybridized carbons (Fsp3) is 0.391. The van der Waals surface area contributed by atoms with Crippen LogP contribution >= 0.6 is 0 Å². The maximum absolute atomic E-state index is 12.8. The van der Waals surface area contributed by atoms with Crippen LogP contribution in [0.4, 0.5) is 5.82 Å². The number of amides is 2. The number of nitrogens with two attached hydrogens (primary N) is 1. The van der Waals surface area contributed by atoms with E-state index in [1.54, 1.807) is 19.2 Å². The van der Waals surface area contributed by atoms with Gasteiger partial charge < -0.3 is 21.1 Å². The summed E-state index contributed by atoms with van der Waals surface area (Å²) in [6, 6.07) is 12.9. The van der Waals surface area contributed by atoms with E-state index in [2.05, 4.69) is 10.3 Å². The van der Waals surface area contributed by atoms with Crippen LogP contribution in [0.1, 0.15) is 37.3 Å². The van der Waals surface area contributed by atoms with Crippen molar-refractivity contribution < 1.29 is 19.5 Å². The number of nitrogen functional groups attached to an aromatic ring is 1. The molecule has 2 rings (SSSR count). The van der Waals surface area contributed by atoms with E-state index < -0.39 is 12.0 Å². The molecule has 2 aromatic rings. The molecule has 0 saturated heterocycles. The van der Waals surface area contributed by atoms with E-state index in [-0.39, 0.29) is 24.8 Å². The van der Waals surface area contributed by atoms with Crippen LogP contribution in [-0.2, 0) is 27.2 Å². The van der Waals surface area contributed by atoms with E-state index in [1.807, 2.05) is 36.4 Å². The molecule has 1 aromatic heterocycles. The molecule has 0 spiro atoms. The highest BCUT2D eigenvalue weighted by molar-refractivity contribution is 5.85. The third kappa shape index (κ3) is 9.29. The number of nitrogens with one attached hydrogen (secondary N) is 1. The minimum Gasteiger partial charge on any atom is -0.481 e. The molecule has 31 heavy (non-hydrogen) atoms. The molecule has 0 saturated carbocycles. The SMILES string of the molecule is CC(CC(=O)O)NC(=O)CN(CCc1ccccc1)C(=O)CCCc1ccnc(N)c1. The quantitative estimate of drug-likeness (QED) is 0.477. The number of anilines is 1. The number of aromatic nitrogens is 1. The van der Waals surface area contributed by atoms with Gasteiger partial charge in [-0.1, -0.05) is 30.3 Å². The van der Waals surface area contributed by atoms with E-state index >= 15 is 0 Å². The van der Waals surface area contributed by atoms with Crippen molar-refractivity contribution in [2.24, 2.45) is 0 Å². The lowest BCUT2D eigenvalue weighted by molar-refractivity contribution is -0.139. The summed E-state index contributed by atoms with van der Waals surface area (Å²) in [6.07, 6.45) is 3.72. The van der Waals surface area contributed by atoms with Crippen LogP contribution in [0.15, 0.2) is 48.7 Å². The lowest BCUT2D eigenvalue weighted by atomic mass is 10.1. The van der Waals surface area contributed by atoms with Crippen molar-refractivity contribution >= 4 is 23.6 Å². The summed E-state index contributed by atoms with van der Waals surface area (Å²) in [6.45, 7) is 1.94. The fourth-order valence-corrected chi connectivity index (χ4v) is 3.26. The largest absolute Gasteiger partial charge is 0.481 e. The highest BCUT2D eigenvalue weighted by Gasteiger charge is 2.19. The molecule has 8 nitrogen and oxygen atoms in total. The Morgan fingerprint density at radius 2 is 1.87 bits per heavy atom. The van der Waals surface area contributed by atoms with Crippen LogP contribution in [0.25, 0.3) is 0 Å². The highest BCUT2D eigenvalue weighted by atomic mass is 16.4. The maximum Gasteiger partial charge on any atom is 0.305 e. The predicted octanol–water partition coefficient (Wildman–Crippen LogP) is 2.04. The molecular formula is C23H30N4O4. The first-order chi connectivity index (χ1) is 14.8. The zero-order chi connectivity index (χ0) is 22.6. The van der Waals surface area contributed by atoms with Gasteiger partial charge in [0.15, 0.2) is 0 Å². The molecular weight excluding hydrogens is 396 g/mol. The summed E-state index contributed by atoms with van der Waals surface area (Å²) >= 11 is 0. The van der Waals surface area contributed by atoms with Gasteiger partial charge in [0.1, 0.15) is 5.82 Å². The van der Waals surface area contributed by atoms with Crippen molar-refractivity contribution in [3.8, 4) is 0 Å². The molecule has 1 atom stereocenters. The first kappa shape index (κ1) is 23.9. The van der Waals surface area contributed by atoms with Gasteiger partial charge >= 0.3 is 5.97 Å². The van der Waals surface area contributed by atoms with Crippen molar-refractivity contribution in [3.63, 3.8) is 0 Å². The average molecular weight is 427 g/mol. The van der Waals surface area contributed by atoms with E-state index in [9.17, 15) is 14.4 Å². The van der Waals surface area contributed by atoms with Gasteiger partial charge in [-0.3, -0.25) is 14.4 Å². The zero-order valence-corrected chi connectivity index (χ0v) is 17.8. The van der Waals surface area contributed by atoms with Crippen molar-refractivity contribution in [2.75, 3.05) is 18.8 Å². The molecule has 0 aliphatic rings. The molecule has 0 bridgehead atoms. The molecule has 1 aromatic carbocycles. The Bertz CT molecular complexity index is 873. The number of nitrogens with zero attached hydrogens (tertiary/aromatic N) is 2. The minimum atomic E-state index is -0.985. The molecule has 0 fully saturated rings. The predicted molar refractivity (Wildman–Crippen MR) is 118 cm³/mol. The highest BCUT2D eigenvalue weighted by Crippen LogP contribution is 2.10. The van der Waals surface area contributed by atoms with Gasteiger partial charge in [-0.05, 0) is 49.4 Å². The molecule has 8 heteroatoms. The molecule has 1 heterocycles. The second kappa shape index (κ2) is 12.3. The van der Waals surface area contributed by atoms with Crippen LogP contribution in [-0.4, -0.2) is 51.9 Å². The van der Waals surface area contributed by atoms with Crippen LogP contribution in [0, 0.1) is 0 Å². The maximum atomic E-state index is 12.8. The standard InChI is InChI=1S/C23H30N4O4/c1-17(14-23(30)31)26-21(28)16-27(13-11-18-6-3-2-4-7-18)22(29)9-5-8-19-10-12-25-20(24)15-19/h2-4,6-7,10,12,15,17H,5,8-9,11,13-14,16H2,1H3,(H2,24,25)(H,26,28)(H,30,31). The summed E-state index contributed by atoms with van der Waals surface area (Å²) in [5.74, 6) is -1.02. The molecule has 166 valence electrons. The second-order valence-corrected chi connectivity index (χ2v) is 7.56. The molecule has 0 radical (unpaired) electrons. The van der Waals surface area contributed by atoms with Gasteiger partial charge in [-0.2, -0.15) is 0 Å². The number of carboxylic acid groups (broad SMARTS) is 1. The third-order valence-corrected chi connectivity index (χ3v) is 4.79. The number of aryl methyl sites for hydroxylation is 1. The topological polar surface area (TPSA) is 126 Å². The van der Waals surface area contributed by atoms with E-state index in [4.69, 9.17) is 10.8 Å². The summed E-state index contributed by atoms with van der Waals surface area (Å²) in [4.78, 5) is 41.5. The number of carbonyl (C=O) groups excluding carboxylic acids is 2. The van der Waals surface area contributed by atoms with Crippen molar-refractivity contribution in [3.05, 3.63) is 59.8 Å². The van der Waals surface area contributed by atoms with Crippen LogP contribution < -0.4 is 11.1 Å². The number of hydrogen-bond donors (Lipinski definition) is 3. The minimum absolute atomic E-state index is 0.0994. The number of aliphatic carboxylic acids is 1. The number of carboxylic acids is 1. The number of hydrogen-bond acceptors (Lipinski definition) is 5. The Kier molecular flexibility index (Phi) is 9.48. The number of carbonyl (C=O) groups is 3. The number of rotatable bonds is 12. The van der Waals surface area contributed by atoms with Gasteiger partial charge in [0.2, 0.25) is 11.8 Å². The number of benzene rings is 1. The lowest BCUT2D eigenvalue weighted by Crippen LogP contribution is -2.44. The van der Waals surface area contributed by atoms with Crippen LogP contribution in [0.5, 0.6) is 0 Å². The molecule has 0 aliphatic heterocycles. The molecule has 1 unspecified atom stereocenters. The normalized spacial score (nSPS) is 11.5. The van der Waals surface area contributed by atoms with E-state index in [1.165, 1.54) is 4.90 Å². The smallest absolute Gasteiger partial charge is 0.305 e. The monoisotopic (exact) mass is 426 g/mol. The molecule has 2 amide bonds. The first-order valence-electron chi connectivity index (χ1n) is 10.4. The van der Waals surface area contributed by atoms with Crippen molar-refractivity contribution in [2.45, 2.75) is 45.1 Å². The van der Waals surface area contributed by atoms with Gasteiger partial charge in [-0.25, -0.2) is 4.98 Å². The van der Waals surface area contributed by atoms with Gasteiger partial charge in [0.05, 0.1) is 13.0 Å². The van der Waals surface area contributed by atoms with E-state index in [0.717, 1.165) is 11.1 Å².